The van der Waals surface area contributed by atoms with E-state index in [1.807, 2.05) is 19.1 Å². The minimum atomic E-state index is -0.481. The second-order valence-electron chi connectivity index (χ2n) is 7.45. The van der Waals surface area contributed by atoms with E-state index in [-0.39, 0.29) is 28.9 Å². The Hall–Kier alpha value is -1.48. The van der Waals surface area contributed by atoms with Gasteiger partial charge in [0.1, 0.15) is 5.82 Å². The molecular formula is C22H23Cl3FN3O2S. The number of thiazole rings is 1. The maximum Gasteiger partial charge on any atom is 0.261 e. The number of ether oxygens (including phenoxy) is 1. The van der Waals surface area contributed by atoms with E-state index in [1.54, 1.807) is 4.90 Å². The van der Waals surface area contributed by atoms with Crippen molar-refractivity contribution >= 4 is 68.2 Å². The maximum atomic E-state index is 13.5. The molecule has 0 saturated carbocycles. The summed E-state index contributed by atoms with van der Waals surface area (Å²) in [6, 6.07) is 7.53. The van der Waals surface area contributed by atoms with Gasteiger partial charge in [0, 0.05) is 31.2 Å². The first-order valence-electron chi connectivity index (χ1n) is 10.1. The average Bonchev–Trinajstić information content (AvgIpc) is 3.15. The maximum absolute atomic E-state index is 13.5. The summed E-state index contributed by atoms with van der Waals surface area (Å²) >= 11 is 13.8. The lowest BCUT2D eigenvalue weighted by atomic mass is 10.2. The van der Waals surface area contributed by atoms with Gasteiger partial charge >= 0.3 is 0 Å². The highest BCUT2D eigenvalue weighted by Crippen LogP contribution is 2.34. The van der Waals surface area contributed by atoms with E-state index >= 15 is 0 Å². The number of fused-ring (bicyclic) bond motifs is 1. The van der Waals surface area contributed by atoms with Crippen molar-refractivity contribution in [2.24, 2.45) is 0 Å². The molecular weight excluding hydrogens is 496 g/mol. The van der Waals surface area contributed by atoms with Gasteiger partial charge in [-0.2, -0.15) is 0 Å². The van der Waals surface area contributed by atoms with Crippen LogP contribution in [0.1, 0.15) is 22.3 Å². The lowest BCUT2D eigenvalue weighted by molar-refractivity contribution is 0.0376. The Kier molecular flexibility index (Phi) is 8.72. The van der Waals surface area contributed by atoms with Crippen LogP contribution < -0.4 is 4.90 Å². The molecule has 0 aliphatic carbocycles. The van der Waals surface area contributed by atoms with Crippen molar-refractivity contribution in [2.45, 2.75) is 13.3 Å². The van der Waals surface area contributed by atoms with Crippen LogP contribution in [-0.4, -0.2) is 55.2 Å². The number of hydrogen-bond donors (Lipinski definition) is 0. The van der Waals surface area contributed by atoms with Crippen LogP contribution in [0.15, 0.2) is 30.3 Å². The zero-order valence-electron chi connectivity index (χ0n) is 17.4. The number of carbonyl (C=O) groups is 1. The SMILES string of the molecule is Cc1cc(Cl)cc2sc(N(CCCN3CCOCC3)C(=O)c3ccc(F)cc3Cl)nc12.Cl. The number of morpholine rings is 1. The predicted octanol–water partition coefficient (Wildman–Crippen LogP) is 5.84. The number of amides is 1. The van der Waals surface area contributed by atoms with Gasteiger partial charge in [-0.15, -0.1) is 12.4 Å². The Morgan fingerprint density at radius 1 is 1.25 bits per heavy atom. The molecule has 0 unspecified atom stereocenters. The zero-order valence-corrected chi connectivity index (χ0v) is 20.6. The number of aryl methyl sites for hydroxylation is 1. The van der Waals surface area contributed by atoms with Gasteiger partial charge in [0.2, 0.25) is 0 Å². The van der Waals surface area contributed by atoms with Crippen molar-refractivity contribution in [3.05, 3.63) is 57.3 Å². The summed E-state index contributed by atoms with van der Waals surface area (Å²) in [5.74, 6) is -0.777. The Balaban J connectivity index is 0.00000289. The summed E-state index contributed by atoms with van der Waals surface area (Å²) in [7, 11) is 0. The number of benzene rings is 2. The van der Waals surface area contributed by atoms with Gasteiger partial charge in [-0.1, -0.05) is 34.5 Å². The fourth-order valence-corrected chi connectivity index (χ4v) is 5.32. The molecule has 0 bridgehead atoms. The summed E-state index contributed by atoms with van der Waals surface area (Å²) < 4.78 is 19.8. The number of rotatable bonds is 6. The number of carbonyl (C=O) groups excluding carboxylic acids is 1. The van der Waals surface area contributed by atoms with Crippen molar-refractivity contribution in [1.82, 2.24) is 9.88 Å². The molecule has 0 spiro atoms. The normalized spacial score (nSPS) is 14.4. The lowest BCUT2D eigenvalue weighted by Crippen LogP contribution is -2.39. The monoisotopic (exact) mass is 517 g/mol. The van der Waals surface area contributed by atoms with Gasteiger partial charge in [-0.05, 0) is 49.2 Å². The van der Waals surface area contributed by atoms with Gasteiger partial charge < -0.3 is 4.74 Å². The molecule has 32 heavy (non-hydrogen) atoms. The number of halogens is 4. The molecule has 1 aromatic heterocycles. The van der Waals surface area contributed by atoms with Crippen LogP contribution in [0.5, 0.6) is 0 Å². The van der Waals surface area contributed by atoms with E-state index in [0.29, 0.717) is 16.7 Å². The topological polar surface area (TPSA) is 45.7 Å². The summed E-state index contributed by atoms with van der Waals surface area (Å²) in [5.41, 5.74) is 2.02. The van der Waals surface area contributed by atoms with Crippen LogP contribution in [0, 0.1) is 12.7 Å². The minimum Gasteiger partial charge on any atom is -0.379 e. The molecule has 0 N–H and O–H groups in total. The van der Waals surface area contributed by atoms with Crippen LogP contribution in [0.3, 0.4) is 0 Å². The number of aromatic nitrogens is 1. The predicted molar refractivity (Wildman–Crippen MR) is 132 cm³/mol. The van der Waals surface area contributed by atoms with Gasteiger partial charge in [0.15, 0.2) is 5.13 Å². The van der Waals surface area contributed by atoms with Gasteiger partial charge in [-0.25, -0.2) is 9.37 Å². The fourth-order valence-electron chi connectivity index (χ4n) is 3.63. The molecule has 10 heteroatoms. The minimum absolute atomic E-state index is 0. The van der Waals surface area contributed by atoms with E-state index in [2.05, 4.69) is 4.90 Å². The molecule has 2 aromatic carbocycles. The molecule has 4 rings (SSSR count). The summed E-state index contributed by atoms with van der Waals surface area (Å²) in [6.45, 7) is 6.49. The van der Waals surface area contributed by atoms with Crippen LogP contribution in [-0.2, 0) is 4.74 Å². The molecule has 1 saturated heterocycles. The van der Waals surface area contributed by atoms with Gasteiger partial charge in [-0.3, -0.25) is 14.6 Å². The summed E-state index contributed by atoms with van der Waals surface area (Å²) in [6.07, 6.45) is 0.764. The second kappa shape index (κ2) is 11.1. The van der Waals surface area contributed by atoms with Gasteiger partial charge in [0.05, 0.1) is 34.0 Å². The number of hydrogen-bond acceptors (Lipinski definition) is 5. The third-order valence-corrected chi connectivity index (χ3v) is 6.79. The lowest BCUT2D eigenvalue weighted by Gasteiger charge is -2.27. The first kappa shape index (κ1) is 25.1. The van der Waals surface area contributed by atoms with Crippen LogP contribution in [0.2, 0.25) is 10.0 Å². The number of nitrogens with zero attached hydrogens (tertiary/aromatic N) is 3. The Bertz CT molecular complexity index is 1110. The van der Waals surface area contributed by atoms with Crippen molar-refractivity contribution < 1.29 is 13.9 Å². The molecule has 5 nitrogen and oxygen atoms in total. The quantitative estimate of drug-likeness (QED) is 0.411. The van der Waals surface area contributed by atoms with E-state index in [1.165, 1.54) is 23.5 Å². The molecule has 1 aliphatic heterocycles. The molecule has 0 atom stereocenters. The summed E-state index contributed by atoms with van der Waals surface area (Å²) in [4.78, 5) is 22.1. The second-order valence-corrected chi connectivity index (χ2v) is 9.31. The molecule has 1 aliphatic rings. The molecule has 3 aromatic rings. The highest BCUT2D eigenvalue weighted by Gasteiger charge is 2.24. The molecule has 172 valence electrons. The molecule has 1 fully saturated rings. The van der Waals surface area contributed by atoms with Crippen LogP contribution in [0.25, 0.3) is 10.2 Å². The molecule has 0 radical (unpaired) electrons. The highest BCUT2D eigenvalue weighted by molar-refractivity contribution is 7.22. The van der Waals surface area contributed by atoms with Crippen molar-refractivity contribution in [1.29, 1.82) is 0 Å². The third-order valence-electron chi connectivity index (χ3n) is 5.24. The molecule has 2 heterocycles. The average molecular weight is 519 g/mol. The fraction of sp³-hybridized carbons (Fsp3) is 0.364. The Morgan fingerprint density at radius 2 is 2.00 bits per heavy atom. The van der Waals surface area contributed by atoms with Crippen LogP contribution >= 0.6 is 46.9 Å². The first-order valence-corrected chi connectivity index (χ1v) is 11.6. The third kappa shape index (κ3) is 5.71. The van der Waals surface area contributed by atoms with E-state index in [4.69, 9.17) is 32.9 Å². The van der Waals surface area contributed by atoms with Crippen molar-refractivity contribution in [3.63, 3.8) is 0 Å². The van der Waals surface area contributed by atoms with Gasteiger partial charge in [0.25, 0.3) is 5.91 Å². The van der Waals surface area contributed by atoms with E-state index in [0.717, 1.165) is 61.1 Å². The highest BCUT2D eigenvalue weighted by atomic mass is 35.5. The smallest absolute Gasteiger partial charge is 0.261 e. The zero-order chi connectivity index (χ0) is 22.0. The van der Waals surface area contributed by atoms with Crippen LogP contribution in [0.4, 0.5) is 9.52 Å². The number of anilines is 1. The first-order chi connectivity index (χ1) is 14.9. The van der Waals surface area contributed by atoms with Crippen molar-refractivity contribution in [3.8, 4) is 0 Å². The Labute approximate surface area is 206 Å². The standard InChI is InChI=1S/C22H22Cl2FN3O2S.ClH/c1-14-11-15(23)12-19-20(14)26-22(31-19)28(6-2-5-27-7-9-30-10-8-27)21(29)17-4-3-16(25)13-18(17)24;/h3-4,11-13H,2,5-10H2,1H3;1H. The van der Waals surface area contributed by atoms with Crippen molar-refractivity contribution in [2.75, 3.05) is 44.3 Å². The molecule has 1 amide bonds. The van der Waals surface area contributed by atoms with E-state index in [9.17, 15) is 9.18 Å². The Morgan fingerprint density at radius 3 is 2.72 bits per heavy atom. The summed E-state index contributed by atoms with van der Waals surface area (Å²) in [5, 5.41) is 1.29. The largest absolute Gasteiger partial charge is 0.379 e. The van der Waals surface area contributed by atoms with E-state index < -0.39 is 5.82 Å².